The van der Waals surface area contributed by atoms with Crippen LogP contribution in [0.25, 0.3) is 0 Å². The fraction of sp³-hybridized carbons (Fsp3) is 0.462. The average molecular weight is 315 g/mol. The fourth-order valence-corrected chi connectivity index (χ4v) is 2.78. The third-order valence-electron chi connectivity index (χ3n) is 2.97. The van der Waals surface area contributed by atoms with E-state index in [9.17, 15) is 4.79 Å². The molecule has 1 N–H and O–H groups in total. The molecular weight excluding hydrogens is 300 g/mol. The zero-order valence-electron chi connectivity index (χ0n) is 10.2. The smallest absolute Gasteiger partial charge is 0.303 e. The molecule has 18 heavy (non-hydrogen) atoms. The second-order valence-corrected chi connectivity index (χ2v) is 5.09. The van der Waals surface area contributed by atoms with E-state index in [-0.39, 0.29) is 6.42 Å². The number of benzene rings is 1. The highest BCUT2D eigenvalue weighted by molar-refractivity contribution is 9.10. The van der Waals surface area contributed by atoms with Crippen molar-refractivity contribution >= 4 is 21.9 Å². The van der Waals surface area contributed by atoms with Crippen molar-refractivity contribution in [1.29, 1.82) is 0 Å². The zero-order chi connectivity index (χ0) is 13.1. The molecule has 0 aliphatic carbocycles. The Balaban J connectivity index is 2.21. The number of aliphatic carboxylic acids is 1. The maximum Gasteiger partial charge on any atom is 0.303 e. The van der Waals surface area contributed by atoms with E-state index in [1.165, 1.54) is 0 Å². The number of carboxylic acids is 1. The number of carbonyl (C=O) groups is 1. The molecule has 1 aromatic rings. The van der Waals surface area contributed by atoms with Crippen molar-refractivity contribution in [3.05, 3.63) is 21.7 Å². The molecule has 1 heterocycles. The first-order chi connectivity index (χ1) is 8.59. The number of carboxylic acid groups (broad SMARTS) is 1. The molecular formula is C13H15BrO4. The normalized spacial score (nSPS) is 13.4. The molecule has 0 saturated heterocycles. The van der Waals surface area contributed by atoms with Crippen LogP contribution >= 0.6 is 15.9 Å². The van der Waals surface area contributed by atoms with Crippen molar-refractivity contribution in [3.63, 3.8) is 0 Å². The Hall–Kier alpha value is -1.23. The highest BCUT2D eigenvalue weighted by atomic mass is 79.9. The van der Waals surface area contributed by atoms with Gasteiger partial charge in [-0.3, -0.25) is 4.79 Å². The quantitative estimate of drug-likeness (QED) is 0.928. The van der Waals surface area contributed by atoms with E-state index in [4.69, 9.17) is 14.6 Å². The van der Waals surface area contributed by atoms with Gasteiger partial charge in [0.2, 0.25) is 0 Å². The SMILES string of the molecule is Cc1c(CCCC(=O)O)c(Br)cc2c1OCCO2. The first kappa shape index (κ1) is 13.2. The third-order valence-corrected chi connectivity index (χ3v) is 3.68. The molecule has 98 valence electrons. The minimum absolute atomic E-state index is 0.181. The van der Waals surface area contributed by atoms with E-state index in [0.717, 1.165) is 33.5 Å². The lowest BCUT2D eigenvalue weighted by atomic mass is 10.0. The van der Waals surface area contributed by atoms with Gasteiger partial charge in [0.25, 0.3) is 0 Å². The van der Waals surface area contributed by atoms with Crippen LogP contribution in [0.15, 0.2) is 10.5 Å². The summed E-state index contributed by atoms with van der Waals surface area (Å²) in [5, 5.41) is 8.67. The van der Waals surface area contributed by atoms with Crippen LogP contribution < -0.4 is 9.47 Å². The molecule has 1 aliphatic heterocycles. The second kappa shape index (κ2) is 5.61. The molecule has 0 atom stereocenters. The summed E-state index contributed by atoms with van der Waals surface area (Å²) < 4.78 is 12.1. The Bertz CT molecular complexity index is 471. The topological polar surface area (TPSA) is 55.8 Å². The Morgan fingerprint density at radius 1 is 1.44 bits per heavy atom. The summed E-state index contributed by atoms with van der Waals surface area (Å²) in [6.45, 7) is 3.11. The zero-order valence-corrected chi connectivity index (χ0v) is 11.7. The van der Waals surface area contributed by atoms with Crippen molar-refractivity contribution in [3.8, 4) is 11.5 Å². The summed E-state index contributed by atoms with van der Waals surface area (Å²) in [6, 6.07) is 1.90. The van der Waals surface area contributed by atoms with E-state index >= 15 is 0 Å². The molecule has 0 amide bonds. The lowest BCUT2D eigenvalue weighted by molar-refractivity contribution is -0.137. The monoisotopic (exact) mass is 314 g/mol. The van der Waals surface area contributed by atoms with Gasteiger partial charge in [0, 0.05) is 10.9 Å². The summed E-state index contributed by atoms with van der Waals surface area (Å²) in [4.78, 5) is 10.5. The number of ether oxygens (including phenoxy) is 2. The Labute approximate surface area is 114 Å². The molecule has 5 heteroatoms. The summed E-state index contributed by atoms with van der Waals surface area (Å²) >= 11 is 3.51. The number of hydrogen-bond acceptors (Lipinski definition) is 3. The van der Waals surface area contributed by atoms with Gasteiger partial charge in [0.1, 0.15) is 13.2 Å². The molecule has 0 fully saturated rings. The van der Waals surface area contributed by atoms with Gasteiger partial charge in [-0.25, -0.2) is 0 Å². The standard InChI is InChI=1S/C13H15BrO4/c1-8-9(3-2-4-12(15)16)10(14)7-11-13(8)18-6-5-17-11/h7H,2-6H2,1H3,(H,15,16). The fourth-order valence-electron chi connectivity index (χ4n) is 2.07. The number of halogens is 1. The van der Waals surface area contributed by atoms with E-state index in [2.05, 4.69) is 15.9 Å². The van der Waals surface area contributed by atoms with Crippen molar-refractivity contribution in [2.45, 2.75) is 26.2 Å². The lowest BCUT2D eigenvalue weighted by Crippen LogP contribution is -2.17. The van der Waals surface area contributed by atoms with Gasteiger partial charge in [-0.2, -0.15) is 0 Å². The average Bonchev–Trinajstić information content (AvgIpc) is 2.33. The predicted molar refractivity (Wildman–Crippen MR) is 70.4 cm³/mol. The maximum atomic E-state index is 10.5. The Kier molecular flexibility index (Phi) is 4.11. The minimum Gasteiger partial charge on any atom is -0.486 e. The molecule has 4 nitrogen and oxygen atoms in total. The maximum absolute atomic E-state index is 10.5. The first-order valence-corrected chi connectivity index (χ1v) is 6.68. The van der Waals surface area contributed by atoms with Gasteiger partial charge < -0.3 is 14.6 Å². The molecule has 0 spiro atoms. The molecule has 1 aromatic carbocycles. The number of rotatable bonds is 4. The Morgan fingerprint density at radius 2 is 2.17 bits per heavy atom. The third kappa shape index (κ3) is 2.77. The van der Waals surface area contributed by atoms with Crippen LogP contribution in [0.4, 0.5) is 0 Å². The van der Waals surface area contributed by atoms with Gasteiger partial charge in [-0.05, 0) is 37.0 Å². The van der Waals surface area contributed by atoms with E-state index < -0.39 is 5.97 Å². The highest BCUT2D eigenvalue weighted by Crippen LogP contribution is 2.40. The number of hydrogen-bond donors (Lipinski definition) is 1. The molecule has 0 radical (unpaired) electrons. The van der Waals surface area contributed by atoms with Crippen LogP contribution in [0, 0.1) is 6.92 Å². The molecule has 0 aromatic heterocycles. The van der Waals surface area contributed by atoms with E-state index in [0.29, 0.717) is 19.6 Å². The molecule has 0 saturated carbocycles. The van der Waals surface area contributed by atoms with Crippen LogP contribution in [-0.4, -0.2) is 24.3 Å². The van der Waals surface area contributed by atoms with E-state index in [1.807, 2.05) is 13.0 Å². The summed E-state index contributed by atoms with van der Waals surface area (Å²) in [6.07, 6.45) is 1.52. The lowest BCUT2D eigenvalue weighted by Gasteiger charge is -2.22. The largest absolute Gasteiger partial charge is 0.486 e. The Morgan fingerprint density at radius 3 is 2.89 bits per heavy atom. The highest BCUT2D eigenvalue weighted by Gasteiger charge is 2.19. The summed E-state index contributed by atoms with van der Waals surface area (Å²) in [5.41, 5.74) is 2.13. The van der Waals surface area contributed by atoms with Gasteiger partial charge >= 0.3 is 5.97 Å². The molecule has 2 rings (SSSR count). The predicted octanol–water partition coefficient (Wildman–Crippen LogP) is 2.94. The molecule has 1 aliphatic rings. The summed E-state index contributed by atoms with van der Waals surface area (Å²) in [7, 11) is 0. The van der Waals surface area contributed by atoms with Gasteiger partial charge in [0.15, 0.2) is 11.5 Å². The minimum atomic E-state index is -0.763. The van der Waals surface area contributed by atoms with Crippen LogP contribution in [0.2, 0.25) is 0 Å². The second-order valence-electron chi connectivity index (χ2n) is 4.23. The first-order valence-electron chi connectivity index (χ1n) is 5.89. The number of fused-ring (bicyclic) bond motifs is 1. The van der Waals surface area contributed by atoms with Crippen LogP contribution in [0.5, 0.6) is 11.5 Å². The molecule has 0 bridgehead atoms. The van der Waals surface area contributed by atoms with Crippen LogP contribution in [0.1, 0.15) is 24.0 Å². The molecule has 0 unspecified atom stereocenters. The van der Waals surface area contributed by atoms with E-state index in [1.54, 1.807) is 0 Å². The van der Waals surface area contributed by atoms with Gasteiger partial charge in [-0.1, -0.05) is 15.9 Å². The van der Waals surface area contributed by atoms with Crippen molar-refractivity contribution in [1.82, 2.24) is 0 Å². The van der Waals surface area contributed by atoms with Crippen molar-refractivity contribution in [2.75, 3.05) is 13.2 Å². The van der Waals surface area contributed by atoms with Crippen molar-refractivity contribution < 1.29 is 19.4 Å². The van der Waals surface area contributed by atoms with Crippen LogP contribution in [0.3, 0.4) is 0 Å². The van der Waals surface area contributed by atoms with Crippen LogP contribution in [-0.2, 0) is 11.2 Å². The van der Waals surface area contributed by atoms with Gasteiger partial charge in [-0.15, -0.1) is 0 Å². The summed E-state index contributed by atoms with van der Waals surface area (Å²) in [5.74, 6) is 0.781. The van der Waals surface area contributed by atoms with Crippen molar-refractivity contribution in [2.24, 2.45) is 0 Å². The van der Waals surface area contributed by atoms with Gasteiger partial charge in [0.05, 0.1) is 0 Å².